The van der Waals surface area contributed by atoms with Gasteiger partial charge >= 0.3 is 0 Å². The molecule has 0 aromatic heterocycles. The van der Waals surface area contributed by atoms with Gasteiger partial charge in [-0.2, -0.15) is 0 Å². The maximum atomic E-state index is 11.5. The molecule has 0 bridgehead atoms. The van der Waals surface area contributed by atoms with E-state index in [1.807, 2.05) is 27.8 Å². The van der Waals surface area contributed by atoms with Crippen molar-refractivity contribution in [3.8, 4) is 11.5 Å². The number of carbonyl (C=O) groups excluding carboxylic acids is 1. The Kier molecular flexibility index (Phi) is 1.54. The lowest BCUT2D eigenvalue weighted by molar-refractivity contribution is 0.0831. The average Bonchev–Trinajstić information content (AvgIpc) is 2.62. The number of carbonyl (C=O) groups is 1. The van der Waals surface area contributed by atoms with E-state index in [1.165, 1.54) is 0 Å². The van der Waals surface area contributed by atoms with Crippen LogP contribution in [0.1, 0.15) is 22.3 Å². The minimum atomic E-state index is -0.611. The van der Waals surface area contributed by atoms with Crippen LogP contribution < -0.4 is 9.47 Å². The zero-order valence-electron chi connectivity index (χ0n) is 8.79. The van der Waals surface area contributed by atoms with Gasteiger partial charge in [-0.05, 0) is 24.1 Å². The largest absolute Gasteiger partial charge is 0.467 e. The lowest BCUT2D eigenvalue weighted by Gasteiger charge is -2.17. The van der Waals surface area contributed by atoms with Crippen LogP contribution in [0.3, 0.4) is 0 Å². The van der Waals surface area contributed by atoms with Crippen LogP contribution >= 0.6 is 0 Å². The van der Waals surface area contributed by atoms with E-state index >= 15 is 0 Å². The van der Waals surface area contributed by atoms with Gasteiger partial charge in [0, 0.05) is 12.0 Å². The van der Waals surface area contributed by atoms with Gasteiger partial charge in [0.15, 0.2) is 38.6 Å². The summed E-state index contributed by atoms with van der Waals surface area (Å²) in [7, 11) is 3.72. The minimum Gasteiger partial charge on any atom is -0.467 e. The van der Waals surface area contributed by atoms with E-state index in [2.05, 4.69) is 0 Å². The van der Waals surface area contributed by atoms with Gasteiger partial charge in [0.25, 0.3) is 0 Å². The van der Waals surface area contributed by atoms with E-state index in [-0.39, 0.29) is 5.78 Å². The van der Waals surface area contributed by atoms with Crippen molar-refractivity contribution in [2.45, 2.75) is 18.4 Å². The summed E-state index contributed by atoms with van der Waals surface area (Å²) in [5, 5.41) is 0. The van der Waals surface area contributed by atoms with Gasteiger partial charge < -0.3 is 9.47 Å². The third kappa shape index (κ3) is 1.26. The highest BCUT2D eigenvalue weighted by Gasteiger charge is 2.33. The first-order chi connectivity index (χ1) is 7.05. The Morgan fingerprint density at radius 1 is 1.13 bits per heavy atom. The summed E-state index contributed by atoms with van der Waals surface area (Å²) in [6, 6.07) is 3.75. The van der Waals surface area contributed by atoms with E-state index in [4.69, 9.17) is 9.47 Å². The second-order valence-corrected chi connectivity index (χ2v) is 4.48. The molecule has 0 saturated carbocycles. The van der Waals surface area contributed by atoms with Crippen LogP contribution in [0, 0.1) is 0 Å². The van der Waals surface area contributed by atoms with Crippen LogP contribution in [0.15, 0.2) is 12.1 Å². The fourth-order valence-electron chi connectivity index (χ4n) is 2.16. The molecule has 1 heterocycles. The van der Waals surface area contributed by atoms with Crippen molar-refractivity contribution < 1.29 is 14.3 Å². The minimum absolute atomic E-state index is 0.209. The third-order valence-electron chi connectivity index (χ3n) is 2.80. The maximum absolute atomic E-state index is 11.5. The summed E-state index contributed by atoms with van der Waals surface area (Å²) in [5.74, 6) is 1.66. The standard InChI is InChI=1S/C10H10B2O3/c11-10(12)14-8-3-5-1-2-7(13)6(5)4-9(8)15-10/h3-4H,1-2,11-12H2. The van der Waals surface area contributed by atoms with Gasteiger partial charge in [-0.25, -0.2) is 0 Å². The molecule has 15 heavy (non-hydrogen) atoms. The number of fused-ring (bicyclic) bond motifs is 2. The fraction of sp³-hybridized carbons (Fsp3) is 0.300. The van der Waals surface area contributed by atoms with Crippen LogP contribution in [0.25, 0.3) is 0 Å². The van der Waals surface area contributed by atoms with E-state index in [0.717, 1.165) is 23.3 Å². The van der Waals surface area contributed by atoms with Gasteiger partial charge in [0.05, 0.1) is 0 Å². The van der Waals surface area contributed by atoms with Gasteiger partial charge in [-0.3, -0.25) is 4.79 Å². The van der Waals surface area contributed by atoms with Gasteiger partial charge in [0.2, 0.25) is 0 Å². The third-order valence-corrected chi connectivity index (χ3v) is 2.80. The first-order valence-corrected chi connectivity index (χ1v) is 5.13. The highest BCUT2D eigenvalue weighted by molar-refractivity contribution is 6.38. The molecule has 0 N–H and O–H groups in total. The molecule has 1 aliphatic heterocycles. The summed E-state index contributed by atoms with van der Waals surface area (Å²) in [6.45, 7) is 0. The summed E-state index contributed by atoms with van der Waals surface area (Å²) < 4.78 is 11.2. The molecule has 0 atom stereocenters. The molecule has 0 fully saturated rings. The number of Topliss-reactive ketones (excluding diaryl/α,β-unsaturated/α-hetero) is 1. The highest BCUT2D eigenvalue weighted by atomic mass is 16.7. The number of hydrogen-bond donors (Lipinski definition) is 0. The number of aryl methyl sites for hydroxylation is 1. The quantitative estimate of drug-likeness (QED) is 0.527. The molecule has 1 aromatic rings. The van der Waals surface area contributed by atoms with E-state index < -0.39 is 5.59 Å². The van der Waals surface area contributed by atoms with Gasteiger partial charge in [0.1, 0.15) is 0 Å². The Bertz CT molecular complexity index is 468. The number of ketones is 1. The molecule has 2 aliphatic rings. The van der Waals surface area contributed by atoms with Crippen LogP contribution in [0.4, 0.5) is 0 Å². The summed E-state index contributed by atoms with van der Waals surface area (Å²) in [6.07, 6.45) is 1.44. The number of rotatable bonds is 0. The van der Waals surface area contributed by atoms with E-state index in [0.29, 0.717) is 12.2 Å². The Morgan fingerprint density at radius 2 is 1.80 bits per heavy atom. The smallest absolute Gasteiger partial charge is 0.197 e. The molecule has 3 nitrogen and oxygen atoms in total. The molecular weight excluding hydrogens is 190 g/mol. The van der Waals surface area contributed by atoms with Crippen molar-refractivity contribution in [2.24, 2.45) is 0 Å². The van der Waals surface area contributed by atoms with Gasteiger partial charge in [-0.1, -0.05) is 0 Å². The molecule has 0 saturated heterocycles. The topological polar surface area (TPSA) is 35.5 Å². The monoisotopic (exact) mass is 200 g/mol. The normalized spacial score (nSPS) is 20.4. The van der Waals surface area contributed by atoms with Gasteiger partial charge in [-0.15, -0.1) is 0 Å². The van der Waals surface area contributed by atoms with Crippen molar-refractivity contribution in [1.29, 1.82) is 0 Å². The van der Waals surface area contributed by atoms with Crippen molar-refractivity contribution in [1.82, 2.24) is 0 Å². The molecular formula is C10H10B2O3. The van der Waals surface area contributed by atoms with Crippen LogP contribution in [-0.4, -0.2) is 27.1 Å². The molecule has 5 heteroatoms. The predicted molar refractivity (Wildman–Crippen MR) is 60.2 cm³/mol. The molecule has 1 aromatic carbocycles. The van der Waals surface area contributed by atoms with Crippen LogP contribution in [-0.2, 0) is 6.42 Å². The lowest BCUT2D eigenvalue weighted by atomic mass is 9.76. The first kappa shape index (κ1) is 8.89. The summed E-state index contributed by atoms with van der Waals surface area (Å²) in [4.78, 5) is 11.5. The molecule has 0 unspecified atom stereocenters. The maximum Gasteiger partial charge on any atom is 0.197 e. The number of benzene rings is 1. The number of hydrogen-bond acceptors (Lipinski definition) is 3. The molecule has 1 aliphatic carbocycles. The average molecular weight is 200 g/mol. The van der Waals surface area contributed by atoms with Crippen molar-refractivity contribution in [3.05, 3.63) is 23.3 Å². The van der Waals surface area contributed by atoms with Crippen molar-refractivity contribution >= 4 is 21.5 Å². The second kappa shape index (κ2) is 2.60. The zero-order chi connectivity index (χ0) is 10.6. The van der Waals surface area contributed by atoms with E-state index in [1.54, 1.807) is 0 Å². The molecule has 0 amide bonds. The number of ether oxygens (including phenoxy) is 2. The van der Waals surface area contributed by atoms with Crippen LogP contribution in [0.2, 0.25) is 0 Å². The molecule has 0 spiro atoms. The Morgan fingerprint density at radius 3 is 2.53 bits per heavy atom. The highest BCUT2D eigenvalue weighted by Crippen LogP contribution is 2.41. The predicted octanol–water partition coefficient (Wildman–Crippen LogP) is -0.536. The van der Waals surface area contributed by atoms with Crippen molar-refractivity contribution in [2.75, 3.05) is 0 Å². The summed E-state index contributed by atoms with van der Waals surface area (Å²) >= 11 is 0. The summed E-state index contributed by atoms with van der Waals surface area (Å²) in [5.41, 5.74) is 1.27. The molecule has 3 rings (SSSR count). The Labute approximate surface area is 89.6 Å². The van der Waals surface area contributed by atoms with E-state index in [9.17, 15) is 4.79 Å². The lowest BCUT2D eigenvalue weighted by Crippen LogP contribution is -2.39. The second-order valence-electron chi connectivity index (χ2n) is 4.48. The zero-order valence-corrected chi connectivity index (χ0v) is 8.79. The van der Waals surface area contributed by atoms with Crippen molar-refractivity contribution in [3.63, 3.8) is 0 Å². The fourth-order valence-corrected chi connectivity index (χ4v) is 2.16. The first-order valence-electron chi connectivity index (χ1n) is 5.13. The molecule has 74 valence electrons. The molecule has 0 radical (unpaired) electrons. The Hall–Kier alpha value is -1.38. The Balaban J connectivity index is 2.12. The van der Waals surface area contributed by atoms with Crippen LogP contribution in [0.5, 0.6) is 11.5 Å². The SMILES string of the molecule is BC1(B)Oc2cc3c(cc2O1)C(=O)CC3.